The molecule has 1 saturated carbocycles. The van der Waals surface area contributed by atoms with Crippen LogP contribution in [0.3, 0.4) is 0 Å². The maximum absolute atomic E-state index is 4.79. The molecule has 2 aromatic rings. The van der Waals surface area contributed by atoms with Gasteiger partial charge >= 0.3 is 0 Å². The summed E-state index contributed by atoms with van der Waals surface area (Å²) in [7, 11) is 0. The number of aromatic amines is 1. The SMILES string of the molecule is CC(C)(C)C(c1ncc(-c2cccc(Br)c2)[nH]1)C1CCCCC1. The molecular formula is C20H27BrN2. The Bertz CT molecular complexity index is 648. The third kappa shape index (κ3) is 3.88. The van der Waals surface area contributed by atoms with Crippen molar-refractivity contribution < 1.29 is 0 Å². The van der Waals surface area contributed by atoms with E-state index in [1.165, 1.54) is 43.5 Å². The van der Waals surface area contributed by atoms with E-state index >= 15 is 0 Å². The van der Waals surface area contributed by atoms with Gasteiger partial charge in [0.1, 0.15) is 5.82 Å². The van der Waals surface area contributed by atoms with Crippen LogP contribution in [0.5, 0.6) is 0 Å². The maximum atomic E-state index is 4.79. The van der Waals surface area contributed by atoms with Crippen molar-refractivity contribution in [2.24, 2.45) is 11.3 Å². The summed E-state index contributed by atoms with van der Waals surface area (Å²) in [6, 6.07) is 8.40. The number of nitrogens with one attached hydrogen (secondary N) is 1. The third-order valence-corrected chi connectivity index (χ3v) is 5.57. The van der Waals surface area contributed by atoms with Gasteiger partial charge < -0.3 is 4.98 Å². The fraction of sp³-hybridized carbons (Fsp3) is 0.550. The number of halogens is 1. The lowest BCUT2D eigenvalue weighted by Gasteiger charge is -2.38. The van der Waals surface area contributed by atoms with Gasteiger partial charge in [0.15, 0.2) is 0 Å². The number of nitrogens with zero attached hydrogens (tertiary/aromatic N) is 1. The Labute approximate surface area is 148 Å². The van der Waals surface area contributed by atoms with E-state index in [2.05, 4.69) is 66.0 Å². The van der Waals surface area contributed by atoms with Crippen LogP contribution in [-0.2, 0) is 0 Å². The minimum Gasteiger partial charge on any atom is -0.342 e. The van der Waals surface area contributed by atoms with Crippen molar-refractivity contribution in [2.45, 2.75) is 58.8 Å². The standard InChI is InChI=1S/C20H27BrN2/c1-20(2,3)18(14-8-5-4-6-9-14)19-22-13-17(23-19)15-10-7-11-16(21)12-15/h7,10-14,18H,4-6,8-9H2,1-3H3,(H,22,23). The molecule has 0 saturated heterocycles. The highest BCUT2D eigenvalue weighted by atomic mass is 79.9. The Kier molecular flexibility index (Phi) is 4.96. The Morgan fingerprint density at radius 2 is 1.91 bits per heavy atom. The van der Waals surface area contributed by atoms with Crippen molar-refractivity contribution in [1.29, 1.82) is 0 Å². The quantitative estimate of drug-likeness (QED) is 0.647. The van der Waals surface area contributed by atoms with Crippen molar-refractivity contribution in [1.82, 2.24) is 9.97 Å². The van der Waals surface area contributed by atoms with Crippen LogP contribution in [0.2, 0.25) is 0 Å². The van der Waals surface area contributed by atoms with E-state index in [-0.39, 0.29) is 5.41 Å². The van der Waals surface area contributed by atoms with E-state index < -0.39 is 0 Å². The molecule has 23 heavy (non-hydrogen) atoms. The van der Waals surface area contributed by atoms with Gasteiger partial charge in [0.05, 0.1) is 11.9 Å². The van der Waals surface area contributed by atoms with Gasteiger partial charge in [-0.25, -0.2) is 4.98 Å². The lowest BCUT2D eigenvalue weighted by atomic mass is 9.68. The van der Waals surface area contributed by atoms with Crippen LogP contribution < -0.4 is 0 Å². The van der Waals surface area contributed by atoms with Gasteiger partial charge in [-0.2, -0.15) is 0 Å². The average molecular weight is 375 g/mol. The average Bonchev–Trinajstić information content (AvgIpc) is 2.96. The number of imidazole rings is 1. The molecule has 1 heterocycles. The van der Waals surface area contributed by atoms with E-state index in [9.17, 15) is 0 Å². The zero-order valence-corrected chi connectivity index (χ0v) is 16.0. The molecule has 1 N–H and O–H groups in total. The van der Waals surface area contributed by atoms with Gasteiger partial charge in [-0.15, -0.1) is 0 Å². The van der Waals surface area contributed by atoms with Crippen LogP contribution in [0.15, 0.2) is 34.9 Å². The zero-order valence-electron chi connectivity index (χ0n) is 14.4. The number of rotatable bonds is 3. The molecule has 2 nitrogen and oxygen atoms in total. The molecule has 1 aliphatic rings. The molecule has 3 heteroatoms. The predicted molar refractivity (Wildman–Crippen MR) is 100 cm³/mol. The van der Waals surface area contributed by atoms with Crippen molar-refractivity contribution >= 4 is 15.9 Å². The second-order valence-electron chi connectivity index (χ2n) is 7.93. The topological polar surface area (TPSA) is 28.7 Å². The van der Waals surface area contributed by atoms with Crippen LogP contribution >= 0.6 is 15.9 Å². The minimum atomic E-state index is 0.231. The molecule has 3 rings (SSSR count). The molecule has 0 amide bonds. The van der Waals surface area contributed by atoms with Crippen LogP contribution in [0.4, 0.5) is 0 Å². The van der Waals surface area contributed by atoms with Crippen LogP contribution in [0.1, 0.15) is 64.6 Å². The Morgan fingerprint density at radius 1 is 1.17 bits per heavy atom. The molecule has 1 fully saturated rings. The van der Waals surface area contributed by atoms with E-state index in [4.69, 9.17) is 4.98 Å². The maximum Gasteiger partial charge on any atom is 0.110 e. The molecule has 124 valence electrons. The molecule has 0 spiro atoms. The van der Waals surface area contributed by atoms with Gasteiger partial charge in [-0.3, -0.25) is 0 Å². The zero-order chi connectivity index (χ0) is 16.4. The molecule has 0 bridgehead atoms. The monoisotopic (exact) mass is 374 g/mol. The highest BCUT2D eigenvalue weighted by molar-refractivity contribution is 9.10. The van der Waals surface area contributed by atoms with E-state index in [1.54, 1.807) is 0 Å². The summed E-state index contributed by atoms with van der Waals surface area (Å²) in [6.45, 7) is 7.06. The molecule has 0 radical (unpaired) electrons. The molecule has 1 atom stereocenters. The summed E-state index contributed by atoms with van der Waals surface area (Å²) in [4.78, 5) is 8.42. The first-order chi connectivity index (χ1) is 10.9. The third-order valence-electron chi connectivity index (χ3n) is 5.08. The predicted octanol–water partition coefficient (Wildman–Crippen LogP) is 6.55. The summed E-state index contributed by atoms with van der Waals surface area (Å²) in [5, 5.41) is 0. The summed E-state index contributed by atoms with van der Waals surface area (Å²) >= 11 is 3.56. The van der Waals surface area contributed by atoms with Gasteiger partial charge in [0.2, 0.25) is 0 Å². The van der Waals surface area contributed by atoms with Gasteiger partial charge in [0.25, 0.3) is 0 Å². The normalized spacial score (nSPS) is 18.1. The Morgan fingerprint density at radius 3 is 2.57 bits per heavy atom. The van der Waals surface area contributed by atoms with Crippen LogP contribution in [-0.4, -0.2) is 9.97 Å². The summed E-state index contributed by atoms with van der Waals surface area (Å²) < 4.78 is 1.10. The summed E-state index contributed by atoms with van der Waals surface area (Å²) in [5.74, 6) is 2.42. The van der Waals surface area contributed by atoms with E-state index in [0.717, 1.165) is 16.1 Å². The van der Waals surface area contributed by atoms with Crippen LogP contribution in [0, 0.1) is 11.3 Å². The minimum absolute atomic E-state index is 0.231. The van der Waals surface area contributed by atoms with Gasteiger partial charge in [0, 0.05) is 16.0 Å². The highest BCUT2D eigenvalue weighted by Crippen LogP contribution is 2.45. The highest BCUT2D eigenvalue weighted by Gasteiger charge is 2.36. The number of aromatic nitrogens is 2. The first-order valence-electron chi connectivity index (χ1n) is 8.76. The Balaban J connectivity index is 1.91. The van der Waals surface area contributed by atoms with Crippen molar-refractivity contribution in [2.75, 3.05) is 0 Å². The lowest BCUT2D eigenvalue weighted by Crippen LogP contribution is -2.28. The van der Waals surface area contributed by atoms with Gasteiger partial charge in [-0.1, -0.05) is 68.1 Å². The lowest BCUT2D eigenvalue weighted by molar-refractivity contribution is 0.184. The van der Waals surface area contributed by atoms with Crippen molar-refractivity contribution in [3.63, 3.8) is 0 Å². The second-order valence-corrected chi connectivity index (χ2v) is 8.85. The molecule has 0 aliphatic heterocycles. The first-order valence-corrected chi connectivity index (χ1v) is 9.55. The largest absolute Gasteiger partial charge is 0.342 e. The smallest absolute Gasteiger partial charge is 0.110 e. The molecule has 1 aromatic carbocycles. The summed E-state index contributed by atoms with van der Waals surface area (Å²) in [5.41, 5.74) is 2.54. The van der Waals surface area contributed by atoms with E-state index in [1.807, 2.05) is 6.20 Å². The molecular weight excluding hydrogens is 348 g/mol. The van der Waals surface area contributed by atoms with Crippen LogP contribution in [0.25, 0.3) is 11.3 Å². The van der Waals surface area contributed by atoms with Gasteiger partial charge in [-0.05, 0) is 36.3 Å². The number of H-pyrrole nitrogens is 1. The number of hydrogen-bond acceptors (Lipinski definition) is 1. The molecule has 1 aromatic heterocycles. The first kappa shape index (κ1) is 16.8. The Hall–Kier alpha value is -1.09. The fourth-order valence-corrected chi connectivity index (χ4v) is 4.50. The number of benzene rings is 1. The van der Waals surface area contributed by atoms with Crippen molar-refractivity contribution in [3.05, 3.63) is 40.8 Å². The summed E-state index contributed by atoms with van der Waals surface area (Å²) in [6.07, 6.45) is 8.82. The number of hydrogen-bond donors (Lipinski definition) is 1. The second kappa shape index (κ2) is 6.80. The van der Waals surface area contributed by atoms with E-state index in [0.29, 0.717) is 5.92 Å². The van der Waals surface area contributed by atoms with Crippen molar-refractivity contribution in [3.8, 4) is 11.3 Å². The molecule has 1 aliphatic carbocycles. The molecule has 1 unspecified atom stereocenters. The fourth-order valence-electron chi connectivity index (χ4n) is 4.11.